The molecule has 90 valence electrons. The summed E-state index contributed by atoms with van der Waals surface area (Å²) >= 11 is 0. The summed E-state index contributed by atoms with van der Waals surface area (Å²) in [5, 5.41) is 8.87. The van der Waals surface area contributed by atoms with E-state index >= 15 is 0 Å². The van der Waals surface area contributed by atoms with E-state index in [2.05, 4.69) is 6.92 Å². The normalized spacial score (nSPS) is 15.3. The van der Waals surface area contributed by atoms with E-state index in [9.17, 15) is 4.79 Å². The molecule has 1 atom stereocenters. The zero-order valence-electron chi connectivity index (χ0n) is 10.5. The summed E-state index contributed by atoms with van der Waals surface area (Å²) in [6, 6.07) is 0. The lowest BCUT2D eigenvalue weighted by atomic mass is 9.89. The van der Waals surface area contributed by atoms with Crippen LogP contribution in [0.5, 0.6) is 0 Å². The Balaban J connectivity index is 4.08. The molecule has 0 aromatic carbocycles. The van der Waals surface area contributed by atoms with Gasteiger partial charge in [-0.2, -0.15) is 0 Å². The van der Waals surface area contributed by atoms with Gasteiger partial charge in [-0.1, -0.05) is 32.6 Å². The number of carboxylic acid groups (broad SMARTS) is 1. The fourth-order valence-corrected chi connectivity index (χ4v) is 1.73. The molecule has 1 unspecified atom stereocenters. The van der Waals surface area contributed by atoms with E-state index in [1.54, 1.807) is 0 Å². The van der Waals surface area contributed by atoms with Crippen molar-refractivity contribution in [3.63, 3.8) is 0 Å². The smallest absolute Gasteiger partial charge is 0.305 e. The number of hydrogen-bond acceptors (Lipinski definition) is 2. The van der Waals surface area contributed by atoms with Crippen molar-refractivity contribution in [2.24, 2.45) is 0 Å². The molecule has 0 rings (SSSR count). The van der Waals surface area contributed by atoms with E-state index in [0.717, 1.165) is 12.8 Å². The lowest BCUT2D eigenvalue weighted by Gasteiger charge is -2.35. The Morgan fingerprint density at radius 2 is 1.87 bits per heavy atom. The van der Waals surface area contributed by atoms with Crippen LogP contribution in [0, 0.1) is 0 Å². The van der Waals surface area contributed by atoms with E-state index in [-0.39, 0.29) is 12.0 Å². The summed E-state index contributed by atoms with van der Waals surface area (Å²) in [5.41, 5.74) is -0.195. The highest BCUT2D eigenvalue weighted by Crippen LogP contribution is 2.24. The van der Waals surface area contributed by atoms with Crippen LogP contribution in [0.4, 0.5) is 0 Å². The molecule has 0 aliphatic rings. The molecule has 0 saturated heterocycles. The molecular formula is C12H25NO2. The molecule has 0 fully saturated rings. The summed E-state index contributed by atoms with van der Waals surface area (Å²) in [5.74, 6) is -0.707. The van der Waals surface area contributed by atoms with E-state index in [0.29, 0.717) is 0 Å². The molecule has 0 heterocycles. The standard InChI is InChI=1S/C12H25NO2/c1-5-6-7-8-9-12(2,13(3)4)10-11(14)15/h5-10H2,1-4H3,(H,14,15). The van der Waals surface area contributed by atoms with Crippen LogP contribution in [0.3, 0.4) is 0 Å². The summed E-state index contributed by atoms with van der Waals surface area (Å²) < 4.78 is 0. The number of aliphatic carboxylic acids is 1. The third-order valence-electron chi connectivity index (χ3n) is 3.18. The monoisotopic (exact) mass is 215 g/mol. The van der Waals surface area contributed by atoms with Crippen molar-refractivity contribution < 1.29 is 9.90 Å². The van der Waals surface area contributed by atoms with Gasteiger partial charge in [0.25, 0.3) is 0 Å². The van der Waals surface area contributed by atoms with E-state index in [4.69, 9.17) is 5.11 Å². The SMILES string of the molecule is CCCCCCC(C)(CC(=O)O)N(C)C. The highest BCUT2D eigenvalue weighted by Gasteiger charge is 2.28. The van der Waals surface area contributed by atoms with Crippen molar-refractivity contribution in [3.05, 3.63) is 0 Å². The van der Waals surface area contributed by atoms with Crippen LogP contribution in [0.2, 0.25) is 0 Å². The van der Waals surface area contributed by atoms with Crippen LogP contribution < -0.4 is 0 Å². The summed E-state index contributed by atoms with van der Waals surface area (Å²) in [6.45, 7) is 4.22. The number of hydrogen-bond donors (Lipinski definition) is 1. The second kappa shape index (κ2) is 6.83. The van der Waals surface area contributed by atoms with Gasteiger partial charge in [-0.3, -0.25) is 4.79 Å². The van der Waals surface area contributed by atoms with Gasteiger partial charge in [0.1, 0.15) is 0 Å². The van der Waals surface area contributed by atoms with Crippen molar-refractivity contribution in [1.29, 1.82) is 0 Å². The minimum Gasteiger partial charge on any atom is -0.481 e. The van der Waals surface area contributed by atoms with Crippen molar-refractivity contribution in [2.75, 3.05) is 14.1 Å². The van der Waals surface area contributed by atoms with Crippen molar-refractivity contribution in [2.45, 2.75) is 57.9 Å². The summed E-state index contributed by atoms with van der Waals surface area (Å²) in [4.78, 5) is 12.8. The van der Waals surface area contributed by atoms with Crippen LogP contribution in [0.25, 0.3) is 0 Å². The average Bonchev–Trinajstić information content (AvgIpc) is 2.11. The zero-order chi connectivity index (χ0) is 11.9. The zero-order valence-corrected chi connectivity index (χ0v) is 10.5. The minimum absolute atomic E-state index is 0.195. The summed E-state index contributed by atoms with van der Waals surface area (Å²) in [6.07, 6.45) is 5.99. The van der Waals surface area contributed by atoms with Crippen LogP contribution in [-0.4, -0.2) is 35.6 Å². The predicted molar refractivity (Wildman–Crippen MR) is 63.1 cm³/mol. The first-order chi connectivity index (χ1) is 6.92. The first kappa shape index (κ1) is 14.4. The van der Waals surface area contributed by atoms with Crippen LogP contribution >= 0.6 is 0 Å². The van der Waals surface area contributed by atoms with Crippen LogP contribution in [0.15, 0.2) is 0 Å². The van der Waals surface area contributed by atoms with Gasteiger partial charge in [0.2, 0.25) is 0 Å². The van der Waals surface area contributed by atoms with E-state index in [1.807, 2.05) is 25.9 Å². The first-order valence-electron chi connectivity index (χ1n) is 5.81. The van der Waals surface area contributed by atoms with Crippen molar-refractivity contribution in [3.8, 4) is 0 Å². The second-order valence-corrected chi connectivity index (χ2v) is 4.77. The Labute approximate surface area is 93.5 Å². The molecule has 3 heteroatoms. The highest BCUT2D eigenvalue weighted by molar-refractivity contribution is 5.68. The fraction of sp³-hybridized carbons (Fsp3) is 0.917. The molecule has 0 aromatic rings. The first-order valence-corrected chi connectivity index (χ1v) is 5.81. The fourth-order valence-electron chi connectivity index (χ4n) is 1.73. The molecule has 3 nitrogen and oxygen atoms in total. The Bertz CT molecular complexity index is 192. The molecule has 0 aliphatic heterocycles. The molecule has 0 aliphatic carbocycles. The molecule has 0 amide bonds. The number of nitrogens with zero attached hydrogens (tertiary/aromatic N) is 1. The maximum atomic E-state index is 10.8. The van der Waals surface area contributed by atoms with Gasteiger partial charge >= 0.3 is 5.97 Å². The lowest BCUT2D eigenvalue weighted by molar-refractivity contribution is -0.139. The van der Waals surface area contributed by atoms with Crippen LogP contribution in [0.1, 0.15) is 52.4 Å². The van der Waals surface area contributed by atoms with Gasteiger partial charge in [-0.05, 0) is 27.4 Å². The van der Waals surface area contributed by atoms with Crippen LogP contribution in [-0.2, 0) is 4.79 Å². The van der Waals surface area contributed by atoms with Gasteiger partial charge in [0.15, 0.2) is 0 Å². The molecule has 0 spiro atoms. The van der Waals surface area contributed by atoms with Gasteiger partial charge in [-0.15, -0.1) is 0 Å². The molecule has 1 N–H and O–H groups in total. The quantitative estimate of drug-likeness (QED) is 0.633. The highest BCUT2D eigenvalue weighted by atomic mass is 16.4. The largest absolute Gasteiger partial charge is 0.481 e. The number of carbonyl (C=O) groups is 1. The molecule has 0 aromatic heterocycles. The van der Waals surface area contributed by atoms with Gasteiger partial charge < -0.3 is 10.0 Å². The molecular weight excluding hydrogens is 190 g/mol. The van der Waals surface area contributed by atoms with Crippen molar-refractivity contribution in [1.82, 2.24) is 4.90 Å². The number of unbranched alkanes of at least 4 members (excludes halogenated alkanes) is 3. The molecule has 0 saturated carbocycles. The molecule has 15 heavy (non-hydrogen) atoms. The van der Waals surface area contributed by atoms with Crippen molar-refractivity contribution >= 4 is 5.97 Å². The third-order valence-corrected chi connectivity index (χ3v) is 3.18. The maximum Gasteiger partial charge on any atom is 0.305 e. The van der Waals surface area contributed by atoms with Gasteiger partial charge in [0, 0.05) is 5.54 Å². The lowest BCUT2D eigenvalue weighted by Crippen LogP contribution is -2.43. The topological polar surface area (TPSA) is 40.5 Å². The number of carboxylic acids is 1. The maximum absolute atomic E-state index is 10.8. The van der Waals surface area contributed by atoms with Gasteiger partial charge in [0.05, 0.1) is 6.42 Å². The molecule has 0 radical (unpaired) electrons. The second-order valence-electron chi connectivity index (χ2n) is 4.77. The Morgan fingerprint density at radius 1 is 1.27 bits per heavy atom. The summed E-state index contributed by atoms with van der Waals surface area (Å²) in [7, 11) is 3.92. The average molecular weight is 215 g/mol. The Morgan fingerprint density at radius 3 is 2.27 bits per heavy atom. The van der Waals surface area contributed by atoms with E-state index in [1.165, 1.54) is 19.3 Å². The van der Waals surface area contributed by atoms with E-state index < -0.39 is 5.97 Å². The predicted octanol–water partition coefficient (Wildman–Crippen LogP) is 2.75. The number of rotatable bonds is 8. The Kier molecular flexibility index (Phi) is 6.57. The Hall–Kier alpha value is -0.570. The minimum atomic E-state index is -0.707. The third kappa shape index (κ3) is 5.78. The molecule has 0 bridgehead atoms. The van der Waals surface area contributed by atoms with Gasteiger partial charge in [-0.25, -0.2) is 0 Å².